The maximum atomic E-state index is 13.3. The monoisotopic (exact) mass is 554 g/mol. The summed E-state index contributed by atoms with van der Waals surface area (Å²) in [5.41, 5.74) is 1.72. The van der Waals surface area contributed by atoms with Gasteiger partial charge in [0.1, 0.15) is 23.7 Å². The van der Waals surface area contributed by atoms with Crippen LogP contribution < -0.4 is 15.0 Å². The Morgan fingerprint density at radius 3 is 2.40 bits per heavy atom. The Kier molecular flexibility index (Phi) is 7.04. The van der Waals surface area contributed by atoms with E-state index in [1.807, 2.05) is 0 Å². The smallest absolute Gasteiger partial charge is 0.335 e. The van der Waals surface area contributed by atoms with Crippen LogP contribution in [0.5, 0.6) is 5.75 Å². The Bertz CT molecular complexity index is 1370. The summed E-state index contributed by atoms with van der Waals surface area (Å²) in [5.74, 6) is -2.22. The zero-order valence-electron chi connectivity index (χ0n) is 17.8. The zero-order chi connectivity index (χ0) is 25.1. The maximum absolute atomic E-state index is 13.3. The van der Waals surface area contributed by atoms with Gasteiger partial charge in [-0.2, -0.15) is 0 Å². The molecule has 0 spiro atoms. The second-order valence-electron chi connectivity index (χ2n) is 7.41. The molecule has 1 aliphatic heterocycles. The predicted octanol–water partition coefficient (Wildman–Crippen LogP) is 4.70. The second-order valence-corrected chi connectivity index (χ2v) is 8.66. The van der Waals surface area contributed by atoms with Gasteiger partial charge in [0.15, 0.2) is 5.11 Å². The summed E-state index contributed by atoms with van der Waals surface area (Å²) in [7, 11) is 0. The van der Waals surface area contributed by atoms with Crippen LogP contribution in [0.4, 0.5) is 10.1 Å². The zero-order valence-corrected chi connectivity index (χ0v) is 20.2. The second kappa shape index (κ2) is 10.2. The maximum Gasteiger partial charge on any atom is 0.335 e. The first-order valence-corrected chi connectivity index (χ1v) is 11.3. The molecule has 3 aromatic rings. The Labute approximate surface area is 212 Å². The molecule has 1 aliphatic rings. The number of benzene rings is 3. The number of thiocarbonyl (C=S) groups is 1. The summed E-state index contributed by atoms with van der Waals surface area (Å²) in [5, 5.41) is 11.4. The summed E-state index contributed by atoms with van der Waals surface area (Å²) in [6.07, 6.45) is 1.43. The van der Waals surface area contributed by atoms with Gasteiger partial charge in [-0.1, -0.05) is 18.2 Å². The lowest BCUT2D eigenvalue weighted by Gasteiger charge is -2.28. The molecule has 0 radical (unpaired) electrons. The number of nitrogens with one attached hydrogen (secondary N) is 1. The number of anilines is 1. The van der Waals surface area contributed by atoms with Crippen molar-refractivity contribution in [2.75, 3.05) is 4.90 Å². The highest BCUT2D eigenvalue weighted by Crippen LogP contribution is 2.29. The van der Waals surface area contributed by atoms with Crippen molar-refractivity contribution in [1.29, 1.82) is 0 Å². The lowest BCUT2D eigenvalue weighted by atomic mass is 10.1. The highest BCUT2D eigenvalue weighted by atomic mass is 79.9. The van der Waals surface area contributed by atoms with Crippen molar-refractivity contribution in [1.82, 2.24) is 5.32 Å². The molecule has 0 saturated carbocycles. The van der Waals surface area contributed by atoms with Crippen molar-refractivity contribution < 1.29 is 28.6 Å². The van der Waals surface area contributed by atoms with Crippen LogP contribution in [0.1, 0.15) is 21.5 Å². The number of rotatable bonds is 6. The molecule has 35 heavy (non-hydrogen) atoms. The van der Waals surface area contributed by atoms with Gasteiger partial charge in [-0.25, -0.2) is 9.18 Å². The molecular weight excluding hydrogens is 539 g/mol. The van der Waals surface area contributed by atoms with Gasteiger partial charge in [-0.05, 0) is 93.9 Å². The molecule has 176 valence electrons. The Balaban J connectivity index is 1.52. The van der Waals surface area contributed by atoms with Crippen molar-refractivity contribution in [3.8, 4) is 5.75 Å². The van der Waals surface area contributed by atoms with Crippen LogP contribution in [-0.2, 0) is 16.2 Å². The quantitative estimate of drug-likeness (QED) is 0.260. The minimum atomic E-state index is -1.00. The number of carboxylic acid groups (broad SMARTS) is 1. The van der Waals surface area contributed by atoms with Crippen LogP contribution in [0.25, 0.3) is 6.08 Å². The molecule has 0 unspecified atom stereocenters. The molecule has 0 aliphatic carbocycles. The van der Waals surface area contributed by atoms with Crippen LogP contribution >= 0.6 is 28.1 Å². The third-order valence-corrected chi connectivity index (χ3v) is 5.95. The molecule has 2 amide bonds. The normalized spacial score (nSPS) is 14.7. The van der Waals surface area contributed by atoms with E-state index in [0.717, 1.165) is 10.5 Å². The number of hydrogen-bond donors (Lipinski definition) is 2. The minimum Gasteiger partial charge on any atom is -0.488 e. The Morgan fingerprint density at radius 2 is 1.77 bits per heavy atom. The van der Waals surface area contributed by atoms with Crippen molar-refractivity contribution in [3.63, 3.8) is 0 Å². The van der Waals surface area contributed by atoms with Gasteiger partial charge in [0.25, 0.3) is 11.8 Å². The van der Waals surface area contributed by atoms with Crippen molar-refractivity contribution in [2.24, 2.45) is 0 Å². The van der Waals surface area contributed by atoms with Gasteiger partial charge < -0.3 is 9.84 Å². The number of ether oxygens (including phenoxy) is 1. The Morgan fingerprint density at radius 1 is 1.09 bits per heavy atom. The van der Waals surface area contributed by atoms with E-state index in [0.29, 0.717) is 21.5 Å². The van der Waals surface area contributed by atoms with Crippen LogP contribution in [0, 0.1) is 5.82 Å². The standard InChI is InChI=1S/C25H16BrFN2O5S/c26-20-12-15(3-10-21(20)34-13-14-1-4-16(5-2-14)24(32)33)11-19-22(30)28-25(35)29(23(19)31)18-8-6-17(27)7-9-18/h1-12H,13H2,(H,32,33)(H,28,30,35)/b19-11-. The fraction of sp³-hybridized carbons (Fsp3) is 0.0400. The first kappa shape index (κ1) is 24.2. The van der Waals surface area contributed by atoms with E-state index in [1.54, 1.807) is 30.3 Å². The van der Waals surface area contributed by atoms with Crippen molar-refractivity contribution in [3.05, 3.63) is 99.3 Å². The highest BCUT2D eigenvalue weighted by molar-refractivity contribution is 9.10. The van der Waals surface area contributed by atoms with Gasteiger partial charge in [-0.3, -0.25) is 19.8 Å². The van der Waals surface area contributed by atoms with E-state index in [-0.39, 0.29) is 22.9 Å². The molecule has 10 heteroatoms. The molecule has 0 atom stereocenters. The number of hydrogen-bond acceptors (Lipinski definition) is 5. The van der Waals surface area contributed by atoms with Crippen molar-refractivity contribution >= 4 is 62.8 Å². The fourth-order valence-electron chi connectivity index (χ4n) is 3.28. The topological polar surface area (TPSA) is 95.9 Å². The summed E-state index contributed by atoms with van der Waals surface area (Å²) in [4.78, 5) is 37.6. The molecule has 1 fully saturated rings. The van der Waals surface area contributed by atoms with Gasteiger partial charge >= 0.3 is 5.97 Å². The SMILES string of the molecule is O=C1NC(=S)N(c2ccc(F)cc2)C(=O)/C1=C\c1ccc(OCc2ccc(C(=O)O)cc2)c(Br)c1. The number of amides is 2. The molecule has 7 nitrogen and oxygen atoms in total. The van der Waals surface area contributed by atoms with E-state index < -0.39 is 23.6 Å². The summed E-state index contributed by atoms with van der Waals surface area (Å²) in [6.45, 7) is 0.212. The van der Waals surface area contributed by atoms with Gasteiger partial charge in [-0.15, -0.1) is 0 Å². The van der Waals surface area contributed by atoms with Crippen LogP contribution in [0.3, 0.4) is 0 Å². The first-order valence-electron chi connectivity index (χ1n) is 10.1. The molecule has 0 aromatic heterocycles. The number of halogens is 2. The van der Waals surface area contributed by atoms with Gasteiger partial charge in [0, 0.05) is 0 Å². The van der Waals surface area contributed by atoms with E-state index >= 15 is 0 Å². The lowest BCUT2D eigenvalue weighted by Crippen LogP contribution is -2.54. The number of carboxylic acids is 1. The van der Waals surface area contributed by atoms with E-state index in [2.05, 4.69) is 21.2 Å². The number of carbonyl (C=O) groups excluding carboxylic acids is 2. The molecule has 4 rings (SSSR count). The van der Waals surface area contributed by atoms with Crippen LogP contribution in [0.2, 0.25) is 0 Å². The molecular formula is C25H16BrFN2O5S. The predicted molar refractivity (Wildman–Crippen MR) is 134 cm³/mol. The highest BCUT2D eigenvalue weighted by Gasteiger charge is 2.34. The number of carbonyl (C=O) groups is 3. The summed E-state index contributed by atoms with van der Waals surface area (Å²) in [6, 6.07) is 16.6. The summed E-state index contributed by atoms with van der Waals surface area (Å²) < 4.78 is 19.7. The minimum absolute atomic E-state index is 0.0925. The largest absolute Gasteiger partial charge is 0.488 e. The van der Waals surface area contributed by atoms with E-state index in [1.165, 1.54) is 42.5 Å². The third kappa shape index (κ3) is 5.44. The van der Waals surface area contributed by atoms with Gasteiger partial charge in [0.2, 0.25) is 0 Å². The van der Waals surface area contributed by atoms with Crippen LogP contribution in [-0.4, -0.2) is 28.0 Å². The average Bonchev–Trinajstić information content (AvgIpc) is 2.82. The van der Waals surface area contributed by atoms with E-state index in [4.69, 9.17) is 22.1 Å². The van der Waals surface area contributed by atoms with Gasteiger partial charge in [0.05, 0.1) is 15.7 Å². The lowest BCUT2D eigenvalue weighted by molar-refractivity contribution is -0.122. The Hall–Kier alpha value is -3.89. The van der Waals surface area contributed by atoms with Crippen LogP contribution in [0.15, 0.2) is 76.8 Å². The molecule has 2 N–H and O–H groups in total. The first-order chi connectivity index (χ1) is 16.7. The average molecular weight is 555 g/mol. The fourth-order valence-corrected chi connectivity index (χ4v) is 4.07. The number of nitrogens with zero attached hydrogens (tertiary/aromatic N) is 1. The van der Waals surface area contributed by atoms with E-state index in [9.17, 15) is 18.8 Å². The third-order valence-electron chi connectivity index (χ3n) is 5.05. The molecule has 0 bridgehead atoms. The molecule has 1 saturated heterocycles. The van der Waals surface area contributed by atoms with Crippen molar-refractivity contribution in [2.45, 2.75) is 6.61 Å². The molecule has 1 heterocycles. The molecule has 3 aromatic carbocycles. The number of aromatic carboxylic acids is 1. The summed E-state index contributed by atoms with van der Waals surface area (Å²) >= 11 is 8.57.